The summed E-state index contributed by atoms with van der Waals surface area (Å²) in [5.41, 5.74) is 6.69. The second-order valence-corrected chi connectivity index (χ2v) is 3.47. The monoisotopic (exact) mass is 195 g/mol. The zero-order chi connectivity index (χ0) is 10.6. The number of aromatic hydroxyl groups is 1. The Morgan fingerprint density at radius 1 is 1.29 bits per heavy atom. The molecule has 4 N–H and O–H groups in total. The number of nitrogens with two attached hydrogens (primary N) is 1. The summed E-state index contributed by atoms with van der Waals surface area (Å²) >= 11 is 0. The van der Waals surface area contributed by atoms with E-state index in [1.54, 1.807) is 24.3 Å². The van der Waals surface area contributed by atoms with Gasteiger partial charge in [-0.3, -0.25) is 0 Å². The molecule has 0 aromatic heterocycles. The Hall–Kier alpha value is -1.06. The minimum absolute atomic E-state index is 0.214. The quantitative estimate of drug-likeness (QED) is 0.683. The van der Waals surface area contributed by atoms with Crippen molar-refractivity contribution in [2.24, 2.45) is 5.73 Å². The summed E-state index contributed by atoms with van der Waals surface area (Å²) in [6, 6.07) is 6.26. The van der Waals surface area contributed by atoms with Crippen LogP contribution >= 0.6 is 0 Å². The standard InChI is InChI=1S/C11H17NO2/c1-2-3-10(14)11(12)8-4-6-9(13)7-5-8/h4-7,10-11,13-14H,2-3,12H2,1H3/t10-,11+/m0/s1. The van der Waals surface area contributed by atoms with E-state index in [0.717, 1.165) is 12.0 Å². The molecule has 0 aliphatic rings. The van der Waals surface area contributed by atoms with Crippen LogP contribution in [0.1, 0.15) is 31.4 Å². The number of rotatable bonds is 4. The number of aliphatic hydroxyl groups excluding tert-OH is 1. The van der Waals surface area contributed by atoms with E-state index in [0.29, 0.717) is 6.42 Å². The number of aliphatic hydroxyl groups is 1. The first-order chi connectivity index (χ1) is 6.65. The van der Waals surface area contributed by atoms with Gasteiger partial charge in [-0.15, -0.1) is 0 Å². The lowest BCUT2D eigenvalue weighted by Crippen LogP contribution is -2.25. The van der Waals surface area contributed by atoms with E-state index in [-0.39, 0.29) is 11.8 Å². The average Bonchev–Trinajstić information content (AvgIpc) is 2.18. The van der Waals surface area contributed by atoms with E-state index in [1.165, 1.54) is 0 Å². The van der Waals surface area contributed by atoms with Crippen molar-refractivity contribution in [3.05, 3.63) is 29.8 Å². The summed E-state index contributed by atoms with van der Waals surface area (Å²) in [6.45, 7) is 2.01. The highest BCUT2D eigenvalue weighted by Gasteiger charge is 2.15. The number of hydrogen-bond donors (Lipinski definition) is 3. The molecule has 0 fully saturated rings. The molecule has 0 bridgehead atoms. The zero-order valence-corrected chi connectivity index (χ0v) is 8.35. The summed E-state index contributed by atoms with van der Waals surface area (Å²) in [6.07, 6.45) is 1.10. The van der Waals surface area contributed by atoms with Crippen LogP contribution in [-0.4, -0.2) is 16.3 Å². The van der Waals surface area contributed by atoms with E-state index in [1.807, 2.05) is 6.92 Å². The molecule has 0 saturated carbocycles. The van der Waals surface area contributed by atoms with Gasteiger partial charge in [-0.2, -0.15) is 0 Å². The molecule has 3 nitrogen and oxygen atoms in total. The van der Waals surface area contributed by atoms with Crippen LogP contribution in [0.25, 0.3) is 0 Å². The highest BCUT2D eigenvalue weighted by molar-refractivity contribution is 5.28. The van der Waals surface area contributed by atoms with Crippen molar-refractivity contribution in [2.45, 2.75) is 31.9 Å². The van der Waals surface area contributed by atoms with Crippen LogP contribution < -0.4 is 5.73 Å². The molecule has 0 unspecified atom stereocenters. The molecule has 0 amide bonds. The number of phenolic OH excluding ortho intramolecular Hbond substituents is 1. The Bertz CT molecular complexity index is 271. The van der Waals surface area contributed by atoms with Gasteiger partial charge in [-0.25, -0.2) is 0 Å². The molecule has 0 radical (unpaired) electrons. The summed E-state index contributed by atoms with van der Waals surface area (Å²) in [5.74, 6) is 0.214. The van der Waals surface area contributed by atoms with Gasteiger partial charge in [0, 0.05) is 0 Å². The highest BCUT2D eigenvalue weighted by Crippen LogP contribution is 2.19. The number of benzene rings is 1. The van der Waals surface area contributed by atoms with E-state index in [2.05, 4.69) is 0 Å². The third-order valence-corrected chi connectivity index (χ3v) is 2.28. The van der Waals surface area contributed by atoms with Crippen LogP contribution in [0, 0.1) is 0 Å². The molecule has 1 rings (SSSR count). The number of phenols is 1. The van der Waals surface area contributed by atoms with Gasteiger partial charge in [0.25, 0.3) is 0 Å². The molecule has 3 heteroatoms. The summed E-state index contributed by atoms with van der Waals surface area (Å²) in [4.78, 5) is 0. The zero-order valence-electron chi connectivity index (χ0n) is 8.35. The average molecular weight is 195 g/mol. The predicted octanol–water partition coefficient (Wildman–Crippen LogP) is 1.55. The summed E-state index contributed by atoms with van der Waals surface area (Å²) in [5, 5.41) is 18.7. The molecule has 0 aliphatic carbocycles. The lowest BCUT2D eigenvalue weighted by atomic mass is 9.99. The second-order valence-electron chi connectivity index (χ2n) is 3.47. The van der Waals surface area contributed by atoms with Gasteiger partial charge in [0.15, 0.2) is 0 Å². The maximum absolute atomic E-state index is 9.65. The lowest BCUT2D eigenvalue weighted by Gasteiger charge is -2.18. The van der Waals surface area contributed by atoms with Gasteiger partial charge in [0.1, 0.15) is 5.75 Å². The molecular formula is C11H17NO2. The first kappa shape index (κ1) is 11.0. The maximum atomic E-state index is 9.65. The van der Waals surface area contributed by atoms with Gasteiger partial charge < -0.3 is 15.9 Å². The van der Waals surface area contributed by atoms with Crippen molar-refractivity contribution in [1.82, 2.24) is 0 Å². The molecule has 0 aliphatic heterocycles. The Kier molecular flexibility index (Phi) is 3.92. The van der Waals surface area contributed by atoms with E-state index in [4.69, 9.17) is 10.8 Å². The van der Waals surface area contributed by atoms with Crippen LogP contribution in [-0.2, 0) is 0 Å². The van der Waals surface area contributed by atoms with Crippen molar-refractivity contribution < 1.29 is 10.2 Å². The Morgan fingerprint density at radius 3 is 2.36 bits per heavy atom. The first-order valence-electron chi connectivity index (χ1n) is 4.87. The highest BCUT2D eigenvalue weighted by atomic mass is 16.3. The summed E-state index contributed by atoms with van der Waals surface area (Å²) in [7, 11) is 0. The lowest BCUT2D eigenvalue weighted by molar-refractivity contribution is 0.134. The molecular weight excluding hydrogens is 178 g/mol. The first-order valence-corrected chi connectivity index (χ1v) is 4.87. The number of hydrogen-bond acceptors (Lipinski definition) is 3. The van der Waals surface area contributed by atoms with E-state index >= 15 is 0 Å². The van der Waals surface area contributed by atoms with Crippen LogP contribution in [0.15, 0.2) is 24.3 Å². The van der Waals surface area contributed by atoms with Crippen LogP contribution in [0.3, 0.4) is 0 Å². The van der Waals surface area contributed by atoms with Crippen LogP contribution in [0.2, 0.25) is 0 Å². The molecule has 0 spiro atoms. The fourth-order valence-electron chi connectivity index (χ4n) is 1.39. The molecule has 0 saturated heterocycles. The molecule has 1 aromatic rings. The fourth-order valence-corrected chi connectivity index (χ4v) is 1.39. The third-order valence-electron chi connectivity index (χ3n) is 2.28. The Balaban J connectivity index is 2.68. The molecule has 1 aromatic carbocycles. The van der Waals surface area contributed by atoms with Gasteiger partial charge in [-0.05, 0) is 24.1 Å². The minimum atomic E-state index is -0.510. The minimum Gasteiger partial charge on any atom is -0.508 e. The molecule has 14 heavy (non-hydrogen) atoms. The van der Waals surface area contributed by atoms with Crippen LogP contribution in [0.5, 0.6) is 5.75 Å². The largest absolute Gasteiger partial charge is 0.508 e. The second kappa shape index (κ2) is 4.98. The molecule has 78 valence electrons. The smallest absolute Gasteiger partial charge is 0.115 e. The van der Waals surface area contributed by atoms with Gasteiger partial charge in [0.2, 0.25) is 0 Å². The third kappa shape index (κ3) is 2.72. The van der Waals surface area contributed by atoms with Crippen LogP contribution in [0.4, 0.5) is 0 Å². The van der Waals surface area contributed by atoms with Crippen molar-refractivity contribution in [3.63, 3.8) is 0 Å². The molecule has 0 heterocycles. The Morgan fingerprint density at radius 2 is 1.86 bits per heavy atom. The van der Waals surface area contributed by atoms with Gasteiger partial charge >= 0.3 is 0 Å². The van der Waals surface area contributed by atoms with Crippen molar-refractivity contribution >= 4 is 0 Å². The van der Waals surface area contributed by atoms with Gasteiger partial charge in [0.05, 0.1) is 12.1 Å². The summed E-state index contributed by atoms with van der Waals surface area (Å²) < 4.78 is 0. The normalized spacial score (nSPS) is 15.1. The SMILES string of the molecule is CCC[C@H](O)[C@H](N)c1ccc(O)cc1. The van der Waals surface area contributed by atoms with E-state index in [9.17, 15) is 5.11 Å². The topological polar surface area (TPSA) is 66.5 Å². The molecule has 2 atom stereocenters. The van der Waals surface area contributed by atoms with Gasteiger partial charge in [-0.1, -0.05) is 25.5 Å². The van der Waals surface area contributed by atoms with Crippen molar-refractivity contribution in [1.29, 1.82) is 0 Å². The fraction of sp³-hybridized carbons (Fsp3) is 0.455. The van der Waals surface area contributed by atoms with Crippen molar-refractivity contribution in [2.75, 3.05) is 0 Å². The predicted molar refractivity (Wildman–Crippen MR) is 56.0 cm³/mol. The van der Waals surface area contributed by atoms with Crippen molar-refractivity contribution in [3.8, 4) is 5.75 Å². The Labute approximate surface area is 84.2 Å². The maximum Gasteiger partial charge on any atom is 0.115 e. The van der Waals surface area contributed by atoms with E-state index < -0.39 is 6.10 Å².